The highest BCUT2D eigenvalue weighted by Gasteiger charge is 2.54. The number of aryl methyl sites for hydroxylation is 1. The molecule has 2 atom stereocenters. The summed E-state index contributed by atoms with van der Waals surface area (Å²) in [6, 6.07) is 15.1. The van der Waals surface area contributed by atoms with Crippen LogP contribution in [0.25, 0.3) is 0 Å². The van der Waals surface area contributed by atoms with Crippen LogP contribution in [-0.4, -0.2) is 35.3 Å². The molecule has 1 N–H and O–H groups in total. The first-order valence-electron chi connectivity index (χ1n) is 10.1. The number of anilines is 1. The first kappa shape index (κ1) is 17.9. The van der Waals surface area contributed by atoms with Gasteiger partial charge < -0.3 is 10.2 Å². The number of para-hydroxylation sites is 1. The minimum atomic E-state index is -1.04. The smallest absolute Gasteiger partial charge is 0.319 e. The summed E-state index contributed by atoms with van der Waals surface area (Å²) in [6.45, 7) is 1.75. The van der Waals surface area contributed by atoms with Crippen molar-refractivity contribution >= 4 is 23.5 Å². The Bertz CT molecular complexity index is 1030. The van der Waals surface area contributed by atoms with Crippen molar-refractivity contribution in [1.82, 2.24) is 10.2 Å². The summed E-state index contributed by atoms with van der Waals surface area (Å²) in [5.41, 5.74) is 2.89. The van der Waals surface area contributed by atoms with Crippen LogP contribution in [0.15, 0.2) is 48.5 Å². The molecule has 1 saturated heterocycles. The molecule has 5 rings (SSSR count). The Balaban J connectivity index is 1.43. The number of nitrogens with zero attached hydrogens (tertiary/aromatic N) is 2. The zero-order valence-corrected chi connectivity index (χ0v) is 16.4. The second-order valence-corrected chi connectivity index (χ2v) is 8.18. The summed E-state index contributed by atoms with van der Waals surface area (Å²) < 4.78 is 0. The van der Waals surface area contributed by atoms with E-state index in [4.69, 9.17) is 0 Å². The third kappa shape index (κ3) is 2.58. The maximum absolute atomic E-state index is 13.4. The van der Waals surface area contributed by atoms with E-state index >= 15 is 0 Å². The molecular weight excluding hydrogens is 366 g/mol. The van der Waals surface area contributed by atoms with Crippen molar-refractivity contribution in [2.45, 2.75) is 44.2 Å². The lowest BCUT2D eigenvalue weighted by molar-refractivity contribution is -0.135. The minimum Gasteiger partial charge on any atom is -0.319 e. The van der Waals surface area contributed by atoms with E-state index in [0.29, 0.717) is 6.42 Å². The summed E-state index contributed by atoms with van der Waals surface area (Å²) in [6.07, 6.45) is 3.05. The maximum Gasteiger partial charge on any atom is 0.325 e. The van der Waals surface area contributed by atoms with Gasteiger partial charge in [0, 0.05) is 11.7 Å². The average Bonchev–Trinajstić information content (AvgIpc) is 3.17. The molecule has 1 aliphatic carbocycles. The normalized spacial score (nSPS) is 25.2. The van der Waals surface area contributed by atoms with Crippen LogP contribution in [0.2, 0.25) is 0 Å². The third-order valence-electron chi connectivity index (χ3n) is 6.42. The molecule has 6 heteroatoms. The number of imide groups is 1. The van der Waals surface area contributed by atoms with Crippen LogP contribution < -0.4 is 10.2 Å². The number of amides is 4. The quantitative estimate of drug-likeness (QED) is 0.803. The Kier molecular flexibility index (Phi) is 3.98. The molecule has 0 aromatic heterocycles. The SMILES string of the molecule is C[C@@H]1Cc2ccccc2N1C(=O)CN1C(=O)N[C@@]2(CCCc3ccccc32)C1=O. The molecule has 1 spiro atoms. The molecule has 0 saturated carbocycles. The highest BCUT2D eigenvalue weighted by molar-refractivity contribution is 6.11. The number of hydrogen-bond acceptors (Lipinski definition) is 3. The fourth-order valence-electron chi connectivity index (χ4n) is 5.11. The molecule has 2 aromatic carbocycles. The van der Waals surface area contributed by atoms with Crippen LogP contribution in [0.4, 0.5) is 10.5 Å². The first-order chi connectivity index (χ1) is 14.0. The van der Waals surface area contributed by atoms with Crippen molar-refractivity contribution in [2.24, 2.45) is 0 Å². The number of nitrogens with one attached hydrogen (secondary N) is 1. The molecule has 29 heavy (non-hydrogen) atoms. The van der Waals surface area contributed by atoms with Crippen LogP contribution in [0.5, 0.6) is 0 Å². The Labute approximate surface area is 169 Å². The van der Waals surface area contributed by atoms with Crippen LogP contribution in [0, 0.1) is 0 Å². The number of carbonyl (C=O) groups is 3. The number of carbonyl (C=O) groups excluding carboxylic acids is 3. The fraction of sp³-hybridized carbons (Fsp3) is 0.348. The molecule has 6 nitrogen and oxygen atoms in total. The predicted octanol–water partition coefficient (Wildman–Crippen LogP) is 2.75. The molecule has 2 aliphatic heterocycles. The molecule has 3 aliphatic rings. The van der Waals surface area contributed by atoms with E-state index in [-0.39, 0.29) is 24.4 Å². The molecule has 1 fully saturated rings. The van der Waals surface area contributed by atoms with E-state index in [1.54, 1.807) is 4.90 Å². The van der Waals surface area contributed by atoms with Gasteiger partial charge in [0.2, 0.25) is 5.91 Å². The Morgan fingerprint density at radius 3 is 2.66 bits per heavy atom. The number of rotatable bonds is 2. The fourth-order valence-corrected chi connectivity index (χ4v) is 5.11. The van der Waals surface area contributed by atoms with Crippen LogP contribution >= 0.6 is 0 Å². The number of benzene rings is 2. The minimum absolute atomic E-state index is 0.00466. The zero-order chi connectivity index (χ0) is 20.2. The molecule has 4 amide bonds. The van der Waals surface area contributed by atoms with Gasteiger partial charge in [0.1, 0.15) is 12.1 Å². The lowest BCUT2D eigenvalue weighted by atomic mass is 9.76. The zero-order valence-electron chi connectivity index (χ0n) is 16.4. The van der Waals surface area contributed by atoms with Crippen molar-refractivity contribution in [3.63, 3.8) is 0 Å². The van der Waals surface area contributed by atoms with Crippen molar-refractivity contribution in [1.29, 1.82) is 0 Å². The van der Waals surface area contributed by atoms with Crippen molar-refractivity contribution in [3.8, 4) is 0 Å². The van der Waals surface area contributed by atoms with E-state index in [0.717, 1.165) is 46.5 Å². The molecular formula is C23H23N3O3. The predicted molar refractivity (Wildman–Crippen MR) is 108 cm³/mol. The van der Waals surface area contributed by atoms with Gasteiger partial charge >= 0.3 is 6.03 Å². The Morgan fingerprint density at radius 1 is 1.10 bits per heavy atom. The van der Waals surface area contributed by atoms with Gasteiger partial charge in [0.15, 0.2) is 0 Å². The van der Waals surface area contributed by atoms with Crippen molar-refractivity contribution in [3.05, 3.63) is 65.2 Å². The maximum atomic E-state index is 13.4. The third-order valence-corrected chi connectivity index (χ3v) is 6.42. The topological polar surface area (TPSA) is 69.7 Å². The lowest BCUT2D eigenvalue weighted by Crippen LogP contribution is -2.48. The van der Waals surface area contributed by atoms with Gasteiger partial charge in [-0.25, -0.2) is 4.79 Å². The molecule has 0 radical (unpaired) electrons. The van der Waals surface area contributed by atoms with Gasteiger partial charge in [-0.3, -0.25) is 14.5 Å². The second-order valence-electron chi connectivity index (χ2n) is 8.18. The van der Waals surface area contributed by atoms with Gasteiger partial charge in [-0.1, -0.05) is 42.5 Å². The van der Waals surface area contributed by atoms with Crippen LogP contribution in [0.1, 0.15) is 36.5 Å². The first-order valence-corrected chi connectivity index (χ1v) is 10.1. The highest BCUT2D eigenvalue weighted by Crippen LogP contribution is 2.40. The standard InChI is InChI=1S/C23H23N3O3/c1-15-13-17-8-3-5-11-19(17)26(15)20(27)14-25-21(28)23(24-22(25)29)12-6-9-16-7-2-4-10-18(16)23/h2-5,7-8,10-11,15H,6,9,12-14H2,1H3,(H,24,29)/t15-,23-/m1/s1. The Morgan fingerprint density at radius 2 is 1.83 bits per heavy atom. The monoisotopic (exact) mass is 389 g/mol. The summed E-state index contributed by atoms with van der Waals surface area (Å²) in [7, 11) is 0. The number of hydrogen-bond donors (Lipinski definition) is 1. The number of fused-ring (bicyclic) bond motifs is 3. The van der Waals surface area contributed by atoms with Crippen molar-refractivity contribution in [2.75, 3.05) is 11.4 Å². The molecule has 2 aromatic rings. The molecule has 0 bridgehead atoms. The van der Waals surface area contributed by atoms with Gasteiger partial charge in [-0.2, -0.15) is 0 Å². The average molecular weight is 389 g/mol. The van der Waals surface area contributed by atoms with E-state index in [1.165, 1.54) is 0 Å². The van der Waals surface area contributed by atoms with E-state index in [1.807, 2.05) is 55.5 Å². The summed E-state index contributed by atoms with van der Waals surface area (Å²) >= 11 is 0. The summed E-state index contributed by atoms with van der Waals surface area (Å²) in [5.74, 6) is -0.546. The van der Waals surface area contributed by atoms with E-state index in [9.17, 15) is 14.4 Å². The van der Waals surface area contributed by atoms with Gasteiger partial charge in [-0.15, -0.1) is 0 Å². The molecule has 0 unspecified atom stereocenters. The lowest BCUT2D eigenvalue weighted by Gasteiger charge is -2.33. The van der Waals surface area contributed by atoms with Crippen LogP contribution in [-0.2, 0) is 28.0 Å². The van der Waals surface area contributed by atoms with Crippen molar-refractivity contribution < 1.29 is 14.4 Å². The van der Waals surface area contributed by atoms with Gasteiger partial charge in [0.25, 0.3) is 5.91 Å². The summed E-state index contributed by atoms with van der Waals surface area (Å²) in [4.78, 5) is 42.1. The van der Waals surface area contributed by atoms with Gasteiger partial charge in [0.05, 0.1) is 0 Å². The highest BCUT2D eigenvalue weighted by atomic mass is 16.2. The van der Waals surface area contributed by atoms with E-state index < -0.39 is 11.6 Å². The van der Waals surface area contributed by atoms with Crippen LogP contribution in [0.3, 0.4) is 0 Å². The molecule has 2 heterocycles. The Hall–Kier alpha value is -3.15. The number of urea groups is 1. The second kappa shape index (κ2) is 6.44. The van der Waals surface area contributed by atoms with E-state index in [2.05, 4.69) is 5.32 Å². The molecule has 148 valence electrons. The largest absolute Gasteiger partial charge is 0.325 e. The summed E-state index contributed by atoms with van der Waals surface area (Å²) in [5, 5.41) is 2.92. The van der Waals surface area contributed by atoms with Gasteiger partial charge in [-0.05, 0) is 55.4 Å².